The Morgan fingerprint density at radius 1 is 1.42 bits per heavy atom. The first-order valence-electron chi connectivity index (χ1n) is 5.35. The van der Waals surface area contributed by atoms with Crippen molar-refractivity contribution in [3.63, 3.8) is 0 Å². The van der Waals surface area contributed by atoms with Gasteiger partial charge in [-0.05, 0) is 6.92 Å². The molecule has 1 aromatic rings. The minimum Gasteiger partial charge on any atom is -0.392 e. The molecule has 0 aliphatic heterocycles. The number of rotatable bonds is 5. The van der Waals surface area contributed by atoms with Crippen LogP contribution in [0.4, 0.5) is 13.2 Å². The minimum absolute atomic E-state index is 0.0272. The number of hydrogen-bond donors (Lipinski definition) is 2. The molecule has 6 nitrogen and oxygen atoms in total. The summed E-state index contributed by atoms with van der Waals surface area (Å²) >= 11 is 0. The molecular weight excluding hydrogens is 287 g/mol. The Labute approximate surface area is 108 Å². The molecule has 0 radical (unpaired) electrons. The van der Waals surface area contributed by atoms with Gasteiger partial charge >= 0.3 is 6.18 Å². The number of aliphatic hydroxyl groups excluding tert-OH is 1. The van der Waals surface area contributed by atoms with E-state index in [9.17, 15) is 21.6 Å². The normalized spacial score (nSPS) is 13.2. The molecular formula is C9H14F3N3O3S. The predicted molar refractivity (Wildman–Crippen MR) is 59.7 cm³/mol. The second-order valence-electron chi connectivity index (χ2n) is 3.84. The van der Waals surface area contributed by atoms with Crippen molar-refractivity contribution in [2.75, 3.05) is 13.1 Å². The summed E-state index contributed by atoms with van der Waals surface area (Å²) in [6, 6.07) is 0. The van der Waals surface area contributed by atoms with E-state index >= 15 is 0 Å². The number of sulfonamides is 1. The number of nitrogens with zero attached hydrogens (tertiary/aromatic N) is 2. The maximum absolute atomic E-state index is 12.3. The Balaban J connectivity index is 3.21. The summed E-state index contributed by atoms with van der Waals surface area (Å²) in [5.74, 6) is 0. The van der Waals surface area contributed by atoms with Crippen LogP contribution in [-0.2, 0) is 16.6 Å². The molecule has 0 aromatic carbocycles. The zero-order chi connectivity index (χ0) is 14.8. The molecule has 0 fully saturated rings. The largest absolute Gasteiger partial charge is 0.402 e. The van der Waals surface area contributed by atoms with Crippen molar-refractivity contribution >= 4 is 10.0 Å². The van der Waals surface area contributed by atoms with Crippen molar-refractivity contribution in [3.05, 3.63) is 11.3 Å². The van der Waals surface area contributed by atoms with Crippen molar-refractivity contribution in [3.8, 4) is 0 Å². The van der Waals surface area contributed by atoms with E-state index in [2.05, 4.69) is 10.2 Å². The smallest absolute Gasteiger partial charge is 0.392 e. The van der Waals surface area contributed by atoms with Crippen LogP contribution in [0.25, 0.3) is 0 Å². The first kappa shape index (κ1) is 15.9. The molecule has 0 saturated heterocycles. The zero-order valence-electron chi connectivity index (χ0n) is 10.3. The van der Waals surface area contributed by atoms with Crippen LogP contribution in [0.5, 0.6) is 0 Å². The fourth-order valence-electron chi connectivity index (χ4n) is 1.52. The van der Waals surface area contributed by atoms with Gasteiger partial charge in [-0.25, -0.2) is 8.42 Å². The van der Waals surface area contributed by atoms with Crippen LogP contribution in [-0.4, -0.2) is 47.3 Å². The molecule has 0 saturated carbocycles. The van der Waals surface area contributed by atoms with Gasteiger partial charge in [-0.2, -0.15) is 22.6 Å². The third-order valence-electron chi connectivity index (χ3n) is 2.49. The maximum Gasteiger partial charge on any atom is 0.402 e. The molecule has 0 aliphatic rings. The van der Waals surface area contributed by atoms with Gasteiger partial charge < -0.3 is 5.11 Å². The number of halogens is 3. The summed E-state index contributed by atoms with van der Waals surface area (Å²) in [7, 11) is -4.40. The number of aromatic amines is 1. The van der Waals surface area contributed by atoms with Crippen LogP contribution in [0.2, 0.25) is 0 Å². The molecule has 1 rings (SSSR count). The van der Waals surface area contributed by atoms with E-state index < -0.39 is 34.4 Å². The predicted octanol–water partition coefficient (Wildman–Crippen LogP) is 0.783. The fourth-order valence-corrected chi connectivity index (χ4v) is 3.11. The lowest BCUT2D eigenvalue weighted by Crippen LogP contribution is -2.39. The lowest BCUT2D eigenvalue weighted by Gasteiger charge is -2.21. The number of H-pyrrole nitrogens is 1. The van der Waals surface area contributed by atoms with E-state index in [0.717, 1.165) is 0 Å². The van der Waals surface area contributed by atoms with Crippen molar-refractivity contribution < 1.29 is 26.7 Å². The van der Waals surface area contributed by atoms with E-state index in [1.807, 2.05) is 0 Å². The quantitative estimate of drug-likeness (QED) is 0.841. The minimum atomic E-state index is -4.65. The highest BCUT2D eigenvalue weighted by atomic mass is 32.2. The molecule has 0 aliphatic carbocycles. The van der Waals surface area contributed by atoms with Crippen LogP contribution in [0.1, 0.15) is 18.2 Å². The summed E-state index contributed by atoms with van der Waals surface area (Å²) in [5, 5.41) is 14.3. The van der Waals surface area contributed by atoms with Gasteiger partial charge in [0.2, 0.25) is 0 Å². The van der Waals surface area contributed by atoms with Gasteiger partial charge in [0.25, 0.3) is 10.0 Å². The number of alkyl halides is 3. The molecule has 1 heterocycles. The van der Waals surface area contributed by atoms with E-state index in [4.69, 9.17) is 5.11 Å². The molecule has 0 amide bonds. The third kappa shape index (κ3) is 3.45. The first-order valence-corrected chi connectivity index (χ1v) is 6.79. The average molecular weight is 301 g/mol. The monoisotopic (exact) mass is 301 g/mol. The molecule has 110 valence electrons. The Morgan fingerprint density at radius 3 is 2.42 bits per heavy atom. The Kier molecular flexibility index (Phi) is 4.59. The number of aliphatic hydroxyl groups is 1. The molecule has 0 unspecified atom stereocenters. The van der Waals surface area contributed by atoms with Gasteiger partial charge in [0.1, 0.15) is 6.54 Å². The molecule has 0 atom stereocenters. The Hall–Kier alpha value is -1.13. The topological polar surface area (TPSA) is 86.3 Å². The van der Waals surface area contributed by atoms with Crippen molar-refractivity contribution in [2.24, 2.45) is 0 Å². The molecule has 1 aromatic heterocycles. The summed E-state index contributed by atoms with van der Waals surface area (Å²) < 4.78 is 61.4. The van der Waals surface area contributed by atoms with Crippen LogP contribution >= 0.6 is 0 Å². The summed E-state index contributed by atoms with van der Waals surface area (Å²) in [6.45, 7) is 0.195. The zero-order valence-corrected chi connectivity index (χ0v) is 11.1. The van der Waals surface area contributed by atoms with Crippen LogP contribution in [0.3, 0.4) is 0 Å². The first-order chi connectivity index (χ1) is 8.63. The van der Waals surface area contributed by atoms with Gasteiger partial charge in [0.05, 0.1) is 6.61 Å². The van der Waals surface area contributed by atoms with Gasteiger partial charge in [0, 0.05) is 17.8 Å². The molecule has 10 heteroatoms. The highest BCUT2D eigenvalue weighted by molar-refractivity contribution is 7.89. The molecule has 0 bridgehead atoms. The van der Waals surface area contributed by atoms with Crippen LogP contribution in [0, 0.1) is 6.92 Å². The van der Waals surface area contributed by atoms with Gasteiger partial charge in [-0.15, -0.1) is 0 Å². The third-order valence-corrected chi connectivity index (χ3v) is 4.38. The highest BCUT2D eigenvalue weighted by Crippen LogP contribution is 2.24. The van der Waals surface area contributed by atoms with Gasteiger partial charge in [-0.1, -0.05) is 6.92 Å². The van der Waals surface area contributed by atoms with E-state index in [-0.39, 0.29) is 16.4 Å². The van der Waals surface area contributed by atoms with Gasteiger partial charge in [0.15, 0.2) is 5.03 Å². The summed E-state index contributed by atoms with van der Waals surface area (Å²) in [5.41, 5.74) is 0.268. The molecule has 19 heavy (non-hydrogen) atoms. The Morgan fingerprint density at radius 2 is 2.00 bits per heavy atom. The van der Waals surface area contributed by atoms with Crippen LogP contribution < -0.4 is 0 Å². The second kappa shape index (κ2) is 5.47. The summed E-state index contributed by atoms with van der Waals surface area (Å²) in [4.78, 5) is 0. The lowest BCUT2D eigenvalue weighted by molar-refractivity contribution is -0.135. The number of aryl methyl sites for hydroxylation is 1. The van der Waals surface area contributed by atoms with E-state index in [1.54, 1.807) is 0 Å². The average Bonchev–Trinajstić information content (AvgIpc) is 2.66. The van der Waals surface area contributed by atoms with Crippen molar-refractivity contribution in [1.29, 1.82) is 0 Å². The van der Waals surface area contributed by atoms with Gasteiger partial charge in [-0.3, -0.25) is 5.10 Å². The Bertz CT molecular complexity index is 539. The van der Waals surface area contributed by atoms with E-state index in [0.29, 0.717) is 5.69 Å². The number of aromatic nitrogens is 2. The number of hydrogen-bond acceptors (Lipinski definition) is 4. The SMILES string of the molecule is CCN(CC(F)(F)F)S(=O)(=O)c1n[nH]c(C)c1CO. The molecule has 0 spiro atoms. The standard InChI is InChI=1S/C9H14F3N3O3S/c1-3-15(5-9(10,11)12)19(17,18)8-7(4-16)6(2)13-14-8/h16H,3-5H2,1-2H3,(H,13,14). The summed E-state index contributed by atoms with van der Waals surface area (Å²) in [6.07, 6.45) is -4.65. The number of nitrogens with one attached hydrogen (secondary N) is 1. The highest BCUT2D eigenvalue weighted by Gasteiger charge is 2.38. The lowest BCUT2D eigenvalue weighted by atomic mass is 10.3. The van der Waals surface area contributed by atoms with Crippen molar-refractivity contribution in [2.45, 2.75) is 31.7 Å². The fraction of sp³-hybridized carbons (Fsp3) is 0.667. The van der Waals surface area contributed by atoms with Crippen LogP contribution in [0.15, 0.2) is 5.03 Å². The molecule has 2 N–H and O–H groups in total. The maximum atomic E-state index is 12.3. The second-order valence-corrected chi connectivity index (χ2v) is 5.69. The van der Waals surface area contributed by atoms with Crippen molar-refractivity contribution in [1.82, 2.24) is 14.5 Å². The van der Waals surface area contributed by atoms with E-state index in [1.165, 1.54) is 13.8 Å².